The number of pyridine rings is 1. The molecule has 3 nitrogen and oxygen atoms in total. The summed E-state index contributed by atoms with van der Waals surface area (Å²) in [4.78, 5) is 9.95. The third-order valence-corrected chi connectivity index (χ3v) is 9.76. The molecule has 0 spiro atoms. The Morgan fingerprint density at radius 2 is 0.865 bits per heavy atom. The molecule has 2 aromatic heterocycles. The van der Waals surface area contributed by atoms with Gasteiger partial charge in [-0.05, 0) is 100.0 Å². The van der Waals surface area contributed by atoms with E-state index in [1.807, 2.05) is 12.1 Å². The van der Waals surface area contributed by atoms with E-state index in [0.717, 1.165) is 61.8 Å². The van der Waals surface area contributed by atoms with E-state index in [0.29, 0.717) is 0 Å². The van der Waals surface area contributed by atoms with Gasteiger partial charge in [0.2, 0.25) is 0 Å². The Morgan fingerprint density at radius 3 is 1.58 bits per heavy atom. The number of hydrogen-bond acceptors (Lipinski definition) is 2. The third kappa shape index (κ3) is 5.99. The van der Waals surface area contributed by atoms with Crippen LogP contribution in [0.4, 0.5) is 0 Å². The Balaban J connectivity index is 1.07. The van der Waals surface area contributed by atoms with Crippen LogP contribution >= 0.6 is 0 Å². The maximum Gasteiger partial charge on any atom is 0.111 e. The van der Waals surface area contributed by atoms with Gasteiger partial charge in [0, 0.05) is 16.8 Å². The molecule has 0 radical (unpaired) electrons. The Labute approximate surface area is 304 Å². The van der Waals surface area contributed by atoms with Crippen LogP contribution in [0, 0.1) is 6.92 Å². The van der Waals surface area contributed by atoms with Gasteiger partial charge < -0.3 is 0 Å². The standard InChI is InChI=1S/C49H35N3/c1-34-50-46-24-10-11-25-49(46)52(34)43-28-26-36(27-29-43)44-22-8-9-23-45(44)40-20-12-18-38(30-40)39-19-13-21-41(31-39)48-33-42(35-14-4-2-5-15-35)32-47(51-48)37-16-6-3-7-17-37/h2-33H,1H3. The van der Waals surface area contributed by atoms with Crippen molar-refractivity contribution in [2.45, 2.75) is 6.92 Å². The van der Waals surface area contributed by atoms with Gasteiger partial charge in [0.1, 0.15) is 5.82 Å². The summed E-state index contributed by atoms with van der Waals surface area (Å²) in [5, 5.41) is 0. The molecule has 3 heteroatoms. The second kappa shape index (κ2) is 13.5. The topological polar surface area (TPSA) is 30.7 Å². The number of fused-ring (bicyclic) bond motifs is 1. The van der Waals surface area contributed by atoms with E-state index in [1.54, 1.807) is 0 Å². The molecule has 246 valence electrons. The van der Waals surface area contributed by atoms with Crippen molar-refractivity contribution in [2.24, 2.45) is 0 Å². The number of nitrogens with zero attached hydrogens (tertiary/aromatic N) is 3. The van der Waals surface area contributed by atoms with Crippen molar-refractivity contribution < 1.29 is 0 Å². The highest BCUT2D eigenvalue weighted by molar-refractivity contribution is 5.87. The first kappa shape index (κ1) is 31.2. The molecule has 0 aliphatic rings. The van der Waals surface area contributed by atoms with Gasteiger partial charge in [0.25, 0.3) is 0 Å². The summed E-state index contributed by atoms with van der Waals surface area (Å²) in [5.41, 5.74) is 16.7. The second-order valence-corrected chi connectivity index (χ2v) is 13.1. The van der Waals surface area contributed by atoms with E-state index in [1.165, 1.54) is 27.8 Å². The summed E-state index contributed by atoms with van der Waals surface area (Å²) < 4.78 is 2.22. The summed E-state index contributed by atoms with van der Waals surface area (Å²) in [6.07, 6.45) is 0. The Bertz CT molecular complexity index is 2610. The number of rotatable bonds is 7. The number of aryl methyl sites for hydroxylation is 1. The van der Waals surface area contributed by atoms with Crippen LogP contribution in [0.1, 0.15) is 5.82 Å². The van der Waals surface area contributed by atoms with Crippen molar-refractivity contribution in [1.29, 1.82) is 0 Å². The van der Waals surface area contributed by atoms with Crippen LogP contribution in [0.3, 0.4) is 0 Å². The molecule has 0 N–H and O–H groups in total. The fraction of sp³-hybridized carbons (Fsp3) is 0.0204. The number of hydrogen-bond donors (Lipinski definition) is 0. The van der Waals surface area contributed by atoms with Gasteiger partial charge in [-0.15, -0.1) is 0 Å². The SMILES string of the molecule is Cc1nc2ccccc2n1-c1ccc(-c2ccccc2-c2cccc(-c3cccc(-c4cc(-c5ccccc5)cc(-c5ccccc5)n4)c3)c2)cc1. The first-order valence-electron chi connectivity index (χ1n) is 17.7. The van der Waals surface area contributed by atoms with Crippen LogP contribution in [0.2, 0.25) is 0 Å². The third-order valence-electron chi connectivity index (χ3n) is 9.76. The predicted molar refractivity (Wildman–Crippen MR) is 216 cm³/mol. The lowest BCUT2D eigenvalue weighted by Gasteiger charge is -2.14. The van der Waals surface area contributed by atoms with Crippen molar-refractivity contribution in [3.8, 4) is 72.7 Å². The average molecular weight is 666 g/mol. The largest absolute Gasteiger partial charge is 0.297 e. The molecule has 9 rings (SSSR count). The molecule has 0 aliphatic heterocycles. The molecule has 0 unspecified atom stereocenters. The van der Waals surface area contributed by atoms with Gasteiger partial charge in [-0.1, -0.05) is 146 Å². The quantitative estimate of drug-likeness (QED) is 0.170. The lowest BCUT2D eigenvalue weighted by Crippen LogP contribution is -1.96. The van der Waals surface area contributed by atoms with Crippen LogP contribution < -0.4 is 0 Å². The van der Waals surface area contributed by atoms with Crippen LogP contribution in [-0.4, -0.2) is 14.5 Å². The molecule has 0 bridgehead atoms. The Kier molecular flexibility index (Phi) is 8.07. The van der Waals surface area contributed by atoms with E-state index in [9.17, 15) is 0 Å². The van der Waals surface area contributed by atoms with Crippen molar-refractivity contribution >= 4 is 11.0 Å². The zero-order valence-corrected chi connectivity index (χ0v) is 28.8. The number of imidazole rings is 1. The highest BCUT2D eigenvalue weighted by Gasteiger charge is 2.13. The van der Waals surface area contributed by atoms with Crippen molar-refractivity contribution in [3.05, 3.63) is 200 Å². The fourth-order valence-corrected chi connectivity index (χ4v) is 7.21. The smallest absolute Gasteiger partial charge is 0.111 e. The van der Waals surface area contributed by atoms with Gasteiger partial charge >= 0.3 is 0 Å². The van der Waals surface area contributed by atoms with Gasteiger partial charge in [-0.2, -0.15) is 0 Å². The molecule has 52 heavy (non-hydrogen) atoms. The summed E-state index contributed by atoms with van der Waals surface area (Å²) in [6.45, 7) is 2.06. The van der Waals surface area contributed by atoms with Crippen molar-refractivity contribution in [3.63, 3.8) is 0 Å². The lowest BCUT2D eigenvalue weighted by atomic mass is 9.92. The minimum absolute atomic E-state index is 0.950. The van der Waals surface area contributed by atoms with Gasteiger partial charge in [-0.25, -0.2) is 9.97 Å². The van der Waals surface area contributed by atoms with E-state index < -0.39 is 0 Å². The Hall–Kier alpha value is -6.84. The minimum Gasteiger partial charge on any atom is -0.297 e. The normalized spacial score (nSPS) is 11.2. The molecule has 0 atom stereocenters. The minimum atomic E-state index is 0.950. The molecule has 7 aromatic carbocycles. The Morgan fingerprint density at radius 1 is 0.346 bits per heavy atom. The maximum atomic E-state index is 5.18. The monoisotopic (exact) mass is 665 g/mol. The van der Waals surface area contributed by atoms with E-state index in [2.05, 4.69) is 193 Å². The van der Waals surface area contributed by atoms with Crippen LogP contribution in [0.25, 0.3) is 83.7 Å². The van der Waals surface area contributed by atoms with Crippen LogP contribution in [0.15, 0.2) is 194 Å². The molecule has 2 heterocycles. The van der Waals surface area contributed by atoms with Crippen LogP contribution in [0.5, 0.6) is 0 Å². The zero-order valence-electron chi connectivity index (χ0n) is 28.8. The van der Waals surface area contributed by atoms with Gasteiger partial charge in [0.15, 0.2) is 0 Å². The van der Waals surface area contributed by atoms with Crippen molar-refractivity contribution in [1.82, 2.24) is 14.5 Å². The summed E-state index contributed by atoms with van der Waals surface area (Å²) in [7, 11) is 0. The summed E-state index contributed by atoms with van der Waals surface area (Å²) in [5.74, 6) is 0.978. The number of benzene rings is 7. The lowest BCUT2D eigenvalue weighted by molar-refractivity contribution is 1.00. The molecule has 0 saturated carbocycles. The zero-order chi connectivity index (χ0) is 34.9. The molecule has 0 saturated heterocycles. The first-order chi connectivity index (χ1) is 25.7. The average Bonchev–Trinajstić information content (AvgIpc) is 3.57. The molecule has 0 amide bonds. The first-order valence-corrected chi connectivity index (χ1v) is 17.7. The number of aromatic nitrogens is 3. The number of para-hydroxylation sites is 2. The molecule has 9 aromatic rings. The highest BCUT2D eigenvalue weighted by Crippen LogP contribution is 2.36. The molecular formula is C49H35N3. The van der Waals surface area contributed by atoms with E-state index in [-0.39, 0.29) is 0 Å². The van der Waals surface area contributed by atoms with Crippen LogP contribution in [-0.2, 0) is 0 Å². The van der Waals surface area contributed by atoms with Gasteiger partial charge in [0.05, 0.1) is 22.4 Å². The molecule has 0 fully saturated rings. The molecule has 0 aliphatic carbocycles. The fourth-order valence-electron chi connectivity index (χ4n) is 7.21. The van der Waals surface area contributed by atoms with Gasteiger partial charge in [-0.3, -0.25) is 4.57 Å². The maximum absolute atomic E-state index is 5.18. The van der Waals surface area contributed by atoms with E-state index >= 15 is 0 Å². The summed E-state index contributed by atoms with van der Waals surface area (Å²) >= 11 is 0. The molecular weight excluding hydrogens is 631 g/mol. The van der Waals surface area contributed by atoms with E-state index in [4.69, 9.17) is 9.97 Å². The second-order valence-electron chi connectivity index (χ2n) is 13.1. The summed E-state index contributed by atoms with van der Waals surface area (Å²) in [6, 6.07) is 68.8. The predicted octanol–water partition coefficient (Wildman–Crippen LogP) is 12.7. The highest BCUT2D eigenvalue weighted by atomic mass is 15.1. The van der Waals surface area contributed by atoms with Crippen molar-refractivity contribution in [2.75, 3.05) is 0 Å².